The van der Waals surface area contributed by atoms with Gasteiger partial charge in [0, 0.05) is 12.3 Å². The van der Waals surface area contributed by atoms with E-state index < -0.39 is 6.03 Å². The van der Waals surface area contributed by atoms with E-state index in [2.05, 4.69) is 11.2 Å². The molecule has 56 valence electrons. The number of primary amides is 1. The first-order chi connectivity index (χ1) is 4.77. The first kappa shape index (κ1) is 9.18. The van der Waals surface area contributed by atoms with Gasteiger partial charge < -0.3 is 11.1 Å². The molecule has 0 heterocycles. The standard InChI is InChI=1S/C6H10N2OS/c1-2-4-10-5-3-8-6(7)9/h1H,3-5H2,(H3,7,8,9). The molecule has 0 aromatic heterocycles. The summed E-state index contributed by atoms with van der Waals surface area (Å²) in [6.07, 6.45) is 4.99. The molecule has 3 nitrogen and oxygen atoms in total. The summed E-state index contributed by atoms with van der Waals surface area (Å²) in [5, 5.41) is 2.45. The van der Waals surface area contributed by atoms with Gasteiger partial charge in [-0.25, -0.2) is 4.79 Å². The molecule has 0 atom stereocenters. The molecule has 0 spiro atoms. The molecule has 0 saturated heterocycles. The van der Waals surface area contributed by atoms with Crippen molar-refractivity contribution in [1.82, 2.24) is 5.32 Å². The lowest BCUT2D eigenvalue weighted by atomic mass is 10.7. The second-order valence-electron chi connectivity index (χ2n) is 1.55. The van der Waals surface area contributed by atoms with Gasteiger partial charge in [0.25, 0.3) is 0 Å². The van der Waals surface area contributed by atoms with Crippen molar-refractivity contribution >= 4 is 17.8 Å². The van der Waals surface area contributed by atoms with E-state index in [1.165, 1.54) is 0 Å². The second kappa shape index (κ2) is 6.30. The van der Waals surface area contributed by atoms with E-state index in [-0.39, 0.29) is 0 Å². The molecule has 0 bridgehead atoms. The highest BCUT2D eigenvalue weighted by molar-refractivity contribution is 7.99. The van der Waals surface area contributed by atoms with Gasteiger partial charge in [-0.05, 0) is 0 Å². The van der Waals surface area contributed by atoms with Crippen molar-refractivity contribution in [2.24, 2.45) is 5.73 Å². The lowest BCUT2D eigenvalue weighted by molar-refractivity contribution is 0.249. The van der Waals surface area contributed by atoms with Crippen LogP contribution in [-0.4, -0.2) is 24.1 Å². The largest absolute Gasteiger partial charge is 0.352 e. The van der Waals surface area contributed by atoms with Gasteiger partial charge in [-0.3, -0.25) is 0 Å². The van der Waals surface area contributed by atoms with Crippen LogP contribution in [0.15, 0.2) is 0 Å². The van der Waals surface area contributed by atoms with Crippen molar-refractivity contribution in [2.75, 3.05) is 18.1 Å². The number of carbonyl (C=O) groups is 1. The van der Waals surface area contributed by atoms with E-state index in [1.54, 1.807) is 11.8 Å². The quantitative estimate of drug-likeness (QED) is 0.447. The summed E-state index contributed by atoms with van der Waals surface area (Å²) < 4.78 is 0. The zero-order chi connectivity index (χ0) is 7.82. The van der Waals surface area contributed by atoms with Crippen LogP contribution in [0.4, 0.5) is 4.79 Å². The Morgan fingerprint density at radius 1 is 1.80 bits per heavy atom. The Labute approximate surface area is 64.7 Å². The normalized spacial score (nSPS) is 8.30. The van der Waals surface area contributed by atoms with Crippen LogP contribution in [0.2, 0.25) is 0 Å². The van der Waals surface area contributed by atoms with Crippen molar-refractivity contribution in [1.29, 1.82) is 0 Å². The third-order valence-electron chi connectivity index (χ3n) is 0.731. The van der Waals surface area contributed by atoms with Crippen molar-refractivity contribution in [3.05, 3.63) is 0 Å². The molecule has 0 aliphatic heterocycles. The number of terminal acetylenes is 1. The molecule has 0 rings (SSSR count). The van der Waals surface area contributed by atoms with Crippen LogP contribution in [0, 0.1) is 12.3 Å². The van der Waals surface area contributed by atoms with Gasteiger partial charge in [0.05, 0.1) is 5.75 Å². The van der Waals surface area contributed by atoms with Gasteiger partial charge >= 0.3 is 6.03 Å². The lowest BCUT2D eigenvalue weighted by Gasteiger charge is -1.97. The SMILES string of the molecule is C#CCSCCNC(N)=O. The molecule has 0 aromatic carbocycles. The highest BCUT2D eigenvalue weighted by atomic mass is 32.2. The zero-order valence-corrected chi connectivity index (χ0v) is 6.41. The predicted molar refractivity (Wildman–Crippen MR) is 43.7 cm³/mol. The molecular formula is C6H10N2OS. The van der Waals surface area contributed by atoms with Gasteiger partial charge in [-0.1, -0.05) is 5.92 Å². The fourth-order valence-corrected chi connectivity index (χ4v) is 0.886. The lowest BCUT2D eigenvalue weighted by Crippen LogP contribution is -2.31. The number of urea groups is 1. The highest BCUT2D eigenvalue weighted by Gasteiger charge is 1.89. The highest BCUT2D eigenvalue weighted by Crippen LogP contribution is 1.94. The number of nitrogens with one attached hydrogen (secondary N) is 1. The van der Waals surface area contributed by atoms with Crippen LogP contribution in [0.25, 0.3) is 0 Å². The minimum absolute atomic E-state index is 0.485. The Morgan fingerprint density at radius 2 is 2.50 bits per heavy atom. The molecule has 0 aromatic rings. The number of amides is 2. The van der Waals surface area contributed by atoms with Crippen molar-refractivity contribution in [2.45, 2.75) is 0 Å². The predicted octanol–water partition coefficient (Wildman–Crippen LogP) is 0.0211. The van der Waals surface area contributed by atoms with Crippen molar-refractivity contribution < 1.29 is 4.79 Å². The van der Waals surface area contributed by atoms with E-state index in [0.29, 0.717) is 12.3 Å². The number of rotatable bonds is 4. The zero-order valence-electron chi connectivity index (χ0n) is 5.59. The molecule has 4 heteroatoms. The van der Waals surface area contributed by atoms with E-state index in [9.17, 15) is 4.79 Å². The first-order valence-electron chi connectivity index (χ1n) is 2.82. The van der Waals surface area contributed by atoms with Crippen LogP contribution >= 0.6 is 11.8 Å². The summed E-state index contributed by atoms with van der Waals surface area (Å²) in [7, 11) is 0. The van der Waals surface area contributed by atoms with Crippen LogP contribution in [0.3, 0.4) is 0 Å². The molecule has 0 radical (unpaired) electrons. The summed E-state index contributed by atoms with van der Waals surface area (Å²) >= 11 is 1.59. The molecule has 0 fully saturated rings. The van der Waals surface area contributed by atoms with Crippen LogP contribution in [0.5, 0.6) is 0 Å². The van der Waals surface area contributed by atoms with Gasteiger partial charge in [0.2, 0.25) is 0 Å². The Bertz CT molecular complexity index is 141. The fraction of sp³-hybridized carbons (Fsp3) is 0.500. The molecule has 0 saturated carbocycles. The summed E-state index contributed by atoms with van der Waals surface area (Å²) in [4.78, 5) is 10.1. The summed E-state index contributed by atoms with van der Waals surface area (Å²) in [6, 6.07) is -0.485. The van der Waals surface area contributed by atoms with Gasteiger partial charge in [-0.15, -0.1) is 18.2 Å². The Kier molecular flexibility index (Phi) is 5.79. The van der Waals surface area contributed by atoms with Crippen LogP contribution in [-0.2, 0) is 0 Å². The van der Waals surface area contributed by atoms with E-state index in [1.807, 2.05) is 0 Å². The number of thioether (sulfide) groups is 1. The maximum atomic E-state index is 10.1. The van der Waals surface area contributed by atoms with Gasteiger partial charge in [0.15, 0.2) is 0 Å². The third kappa shape index (κ3) is 7.18. The molecule has 0 unspecified atom stereocenters. The molecule has 0 aliphatic rings. The van der Waals surface area contributed by atoms with E-state index in [4.69, 9.17) is 12.2 Å². The van der Waals surface area contributed by atoms with Gasteiger partial charge in [-0.2, -0.15) is 0 Å². The average Bonchev–Trinajstić information content (AvgIpc) is 1.87. The molecule has 3 N–H and O–H groups in total. The van der Waals surface area contributed by atoms with Crippen molar-refractivity contribution in [3.8, 4) is 12.3 Å². The number of nitrogens with two attached hydrogens (primary N) is 1. The second-order valence-corrected chi connectivity index (χ2v) is 2.65. The minimum atomic E-state index is -0.485. The topological polar surface area (TPSA) is 55.1 Å². The molecular weight excluding hydrogens is 148 g/mol. The number of hydrogen-bond acceptors (Lipinski definition) is 2. The average molecular weight is 158 g/mol. The summed E-state index contributed by atoms with van der Waals surface area (Å²) in [5.41, 5.74) is 4.81. The fourth-order valence-electron chi connectivity index (χ4n) is 0.377. The Hall–Kier alpha value is -0.820. The monoisotopic (exact) mass is 158 g/mol. The summed E-state index contributed by atoms with van der Waals surface area (Å²) in [6.45, 7) is 0.585. The molecule has 2 amide bonds. The van der Waals surface area contributed by atoms with E-state index >= 15 is 0 Å². The number of carbonyl (C=O) groups excluding carboxylic acids is 1. The first-order valence-corrected chi connectivity index (χ1v) is 3.97. The Balaban J connectivity index is 2.92. The molecule has 10 heavy (non-hydrogen) atoms. The number of hydrogen-bond donors (Lipinski definition) is 2. The summed E-state index contributed by atoms with van der Waals surface area (Å²) in [5.74, 6) is 3.97. The smallest absolute Gasteiger partial charge is 0.312 e. The van der Waals surface area contributed by atoms with Crippen LogP contribution < -0.4 is 11.1 Å². The maximum absolute atomic E-state index is 10.1. The third-order valence-corrected chi connectivity index (χ3v) is 1.59. The van der Waals surface area contributed by atoms with Crippen LogP contribution in [0.1, 0.15) is 0 Å². The van der Waals surface area contributed by atoms with E-state index in [0.717, 1.165) is 5.75 Å². The Morgan fingerprint density at radius 3 is 3.00 bits per heavy atom. The molecule has 0 aliphatic carbocycles. The minimum Gasteiger partial charge on any atom is -0.352 e. The van der Waals surface area contributed by atoms with Gasteiger partial charge in [0.1, 0.15) is 0 Å². The van der Waals surface area contributed by atoms with Crippen molar-refractivity contribution in [3.63, 3.8) is 0 Å². The maximum Gasteiger partial charge on any atom is 0.312 e.